The Kier molecular flexibility index (Phi) is 1.94. The van der Waals surface area contributed by atoms with Crippen molar-refractivity contribution in [2.75, 3.05) is 0 Å². The topological polar surface area (TPSA) is 17.3 Å². The van der Waals surface area contributed by atoms with Crippen molar-refractivity contribution in [2.24, 2.45) is 0 Å². The molecule has 0 bridgehead atoms. The summed E-state index contributed by atoms with van der Waals surface area (Å²) in [6.45, 7) is 4.17. The Balaban J connectivity index is 2.10. The van der Waals surface area contributed by atoms with Crippen LogP contribution < -0.4 is 0 Å². The van der Waals surface area contributed by atoms with Crippen LogP contribution in [0.2, 0.25) is 0 Å². The van der Waals surface area contributed by atoms with Crippen LogP contribution in [0.4, 0.5) is 4.39 Å². The van der Waals surface area contributed by atoms with Crippen molar-refractivity contribution < 1.29 is 4.39 Å². The van der Waals surface area contributed by atoms with Crippen molar-refractivity contribution >= 4 is 5.65 Å². The first-order chi connectivity index (χ1) is 9.13. The van der Waals surface area contributed by atoms with Crippen LogP contribution in [0.5, 0.6) is 0 Å². The highest BCUT2D eigenvalue weighted by Gasteiger charge is 2.25. The molecule has 1 aromatic carbocycles. The summed E-state index contributed by atoms with van der Waals surface area (Å²) < 4.78 is 15.5. The van der Waals surface area contributed by atoms with E-state index in [9.17, 15) is 4.39 Å². The number of hydrogen-bond acceptors (Lipinski definition) is 1. The minimum Gasteiger partial charge on any atom is -0.297 e. The second-order valence-electron chi connectivity index (χ2n) is 5.25. The highest BCUT2D eigenvalue weighted by Crippen LogP contribution is 2.37. The van der Waals surface area contributed by atoms with Gasteiger partial charge in [0.2, 0.25) is 0 Å². The molecule has 0 radical (unpaired) electrons. The maximum absolute atomic E-state index is 13.3. The number of fused-ring (bicyclic) bond motifs is 5. The molecule has 0 N–H and O–H groups in total. The van der Waals surface area contributed by atoms with Gasteiger partial charge in [-0.15, -0.1) is 0 Å². The van der Waals surface area contributed by atoms with E-state index in [0.717, 1.165) is 34.6 Å². The Hall–Kier alpha value is -2.16. The van der Waals surface area contributed by atoms with Gasteiger partial charge in [-0.2, -0.15) is 0 Å². The van der Waals surface area contributed by atoms with Crippen molar-refractivity contribution in [3.05, 3.63) is 58.7 Å². The summed E-state index contributed by atoms with van der Waals surface area (Å²) in [5.74, 6) is -0.175. The Labute approximate surface area is 110 Å². The van der Waals surface area contributed by atoms with E-state index >= 15 is 0 Å². The zero-order chi connectivity index (χ0) is 13.1. The Bertz CT molecular complexity index is 830. The Morgan fingerprint density at radius 1 is 1.16 bits per heavy atom. The summed E-state index contributed by atoms with van der Waals surface area (Å²) in [6, 6.07) is 9.25. The summed E-state index contributed by atoms with van der Waals surface area (Å²) in [6.07, 6.45) is 0.725. The van der Waals surface area contributed by atoms with Crippen LogP contribution in [0.1, 0.15) is 22.5 Å². The number of aromatic nitrogens is 2. The summed E-state index contributed by atoms with van der Waals surface area (Å²) in [5.41, 5.74) is 7.69. The lowest BCUT2D eigenvalue weighted by Gasteiger charge is -2.07. The van der Waals surface area contributed by atoms with Crippen LogP contribution in [0.15, 0.2) is 30.3 Å². The van der Waals surface area contributed by atoms with Gasteiger partial charge in [0.1, 0.15) is 11.5 Å². The van der Waals surface area contributed by atoms with Gasteiger partial charge in [0, 0.05) is 17.7 Å². The molecule has 3 aromatic rings. The number of imidazole rings is 1. The number of rotatable bonds is 0. The Morgan fingerprint density at radius 2 is 2.00 bits per heavy atom. The lowest BCUT2D eigenvalue weighted by molar-refractivity contribution is 0.626. The average molecular weight is 252 g/mol. The van der Waals surface area contributed by atoms with E-state index < -0.39 is 0 Å². The first-order valence-electron chi connectivity index (χ1n) is 6.41. The third-order valence-corrected chi connectivity index (χ3v) is 3.80. The van der Waals surface area contributed by atoms with E-state index in [4.69, 9.17) is 4.98 Å². The van der Waals surface area contributed by atoms with E-state index in [1.54, 1.807) is 6.07 Å². The van der Waals surface area contributed by atoms with Crippen molar-refractivity contribution in [2.45, 2.75) is 20.3 Å². The number of benzene rings is 1. The highest BCUT2D eigenvalue weighted by atomic mass is 19.1. The SMILES string of the molecule is Cc1cc(C)n2c3c(nc2c1)Cc1cc(F)ccc1-3. The predicted molar refractivity (Wildman–Crippen MR) is 72.9 cm³/mol. The van der Waals surface area contributed by atoms with Gasteiger partial charge in [-0.05, 0) is 55.3 Å². The van der Waals surface area contributed by atoms with Gasteiger partial charge in [0.05, 0.1) is 11.4 Å². The fraction of sp³-hybridized carbons (Fsp3) is 0.188. The average Bonchev–Trinajstić information content (AvgIpc) is 2.82. The molecule has 19 heavy (non-hydrogen) atoms. The van der Waals surface area contributed by atoms with Crippen molar-refractivity contribution in [3.63, 3.8) is 0 Å². The molecule has 2 aromatic heterocycles. The number of halogens is 1. The van der Waals surface area contributed by atoms with Crippen LogP contribution in [-0.2, 0) is 6.42 Å². The van der Waals surface area contributed by atoms with Crippen molar-refractivity contribution in [1.82, 2.24) is 9.38 Å². The molecule has 0 spiro atoms. The molecule has 1 aliphatic rings. The van der Waals surface area contributed by atoms with Crippen molar-refractivity contribution in [3.8, 4) is 11.3 Å². The third-order valence-electron chi connectivity index (χ3n) is 3.80. The van der Waals surface area contributed by atoms with E-state index in [1.165, 1.54) is 17.3 Å². The van der Waals surface area contributed by atoms with Gasteiger partial charge < -0.3 is 0 Å². The predicted octanol–water partition coefficient (Wildman–Crippen LogP) is 3.66. The Morgan fingerprint density at radius 3 is 2.84 bits per heavy atom. The van der Waals surface area contributed by atoms with Crippen LogP contribution in [0, 0.1) is 19.7 Å². The van der Waals surface area contributed by atoms with E-state index in [2.05, 4.69) is 30.4 Å². The van der Waals surface area contributed by atoms with Gasteiger partial charge in [-0.1, -0.05) is 0 Å². The van der Waals surface area contributed by atoms with E-state index in [0.29, 0.717) is 0 Å². The van der Waals surface area contributed by atoms with Gasteiger partial charge in [-0.25, -0.2) is 9.37 Å². The zero-order valence-corrected chi connectivity index (χ0v) is 10.9. The minimum absolute atomic E-state index is 0.175. The second kappa shape index (κ2) is 3.44. The lowest BCUT2D eigenvalue weighted by Crippen LogP contribution is -1.95. The zero-order valence-electron chi connectivity index (χ0n) is 10.9. The maximum atomic E-state index is 13.3. The number of hydrogen-bond donors (Lipinski definition) is 0. The minimum atomic E-state index is -0.175. The quantitative estimate of drug-likeness (QED) is 0.467. The molecule has 1 aliphatic carbocycles. The number of pyridine rings is 1. The number of nitrogens with zero attached hydrogens (tertiary/aromatic N) is 2. The molecule has 0 saturated heterocycles. The maximum Gasteiger partial charge on any atom is 0.138 e. The summed E-state index contributed by atoms with van der Waals surface area (Å²) in [7, 11) is 0. The first kappa shape index (κ1) is 10.7. The van der Waals surface area contributed by atoms with Crippen LogP contribution in [0.3, 0.4) is 0 Å². The van der Waals surface area contributed by atoms with Crippen LogP contribution >= 0.6 is 0 Å². The van der Waals surface area contributed by atoms with Crippen LogP contribution in [-0.4, -0.2) is 9.38 Å². The van der Waals surface area contributed by atoms with Gasteiger partial charge >= 0.3 is 0 Å². The van der Waals surface area contributed by atoms with Gasteiger partial charge in [0.15, 0.2) is 0 Å². The second-order valence-corrected chi connectivity index (χ2v) is 5.25. The molecule has 4 rings (SSSR count). The smallest absolute Gasteiger partial charge is 0.138 e. The molecule has 3 heteroatoms. The molecule has 0 unspecified atom stereocenters. The fourth-order valence-corrected chi connectivity index (χ4v) is 3.10. The number of aryl methyl sites for hydroxylation is 2. The molecule has 0 amide bonds. The highest BCUT2D eigenvalue weighted by molar-refractivity contribution is 5.76. The molecular weight excluding hydrogens is 239 g/mol. The molecule has 0 fully saturated rings. The molecule has 94 valence electrons. The normalized spacial score (nSPS) is 12.8. The van der Waals surface area contributed by atoms with Crippen LogP contribution in [0.25, 0.3) is 16.9 Å². The lowest BCUT2D eigenvalue weighted by atomic mass is 10.1. The molecule has 2 heterocycles. The third kappa shape index (κ3) is 1.38. The summed E-state index contributed by atoms with van der Waals surface area (Å²) in [5, 5.41) is 0. The summed E-state index contributed by atoms with van der Waals surface area (Å²) in [4.78, 5) is 4.70. The molecule has 0 aliphatic heterocycles. The van der Waals surface area contributed by atoms with Crippen molar-refractivity contribution in [1.29, 1.82) is 0 Å². The molecule has 0 saturated carbocycles. The standard InChI is InChI=1S/C16H13FN2/c1-9-5-10(2)19-15(6-9)18-14-8-11-7-12(17)3-4-13(11)16(14)19/h3-7H,8H2,1-2H3. The largest absolute Gasteiger partial charge is 0.297 e. The molecular formula is C16H13FN2. The molecule has 0 atom stereocenters. The summed E-state index contributed by atoms with van der Waals surface area (Å²) >= 11 is 0. The monoisotopic (exact) mass is 252 g/mol. The van der Waals surface area contributed by atoms with Gasteiger partial charge in [-0.3, -0.25) is 4.40 Å². The van der Waals surface area contributed by atoms with Gasteiger partial charge in [0.25, 0.3) is 0 Å². The molecule has 2 nitrogen and oxygen atoms in total. The van der Waals surface area contributed by atoms with E-state index in [1.807, 2.05) is 6.07 Å². The van der Waals surface area contributed by atoms with E-state index in [-0.39, 0.29) is 5.82 Å². The fourth-order valence-electron chi connectivity index (χ4n) is 3.10. The first-order valence-corrected chi connectivity index (χ1v) is 6.41.